The Balaban J connectivity index is 1.83. The number of rotatable bonds is 3. The molecule has 0 saturated carbocycles. The van der Waals surface area contributed by atoms with Crippen LogP contribution in [0.1, 0.15) is 16.7 Å². The highest BCUT2D eigenvalue weighted by Crippen LogP contribution is 2.36. The Morgan fingerprint density at radius 2 is 1.71 bits per heavy atom. The smallest absolute Gasteiger partial charge is 0.318 e. The van der Waals surface area contributed by atoms with Gasteiger partial charge >= 0.3 is 12.2 Å². The van der Waals surface area contributed by atoms with Crippen molar-refractivity contribution in [1.82, 2.24) is 4.90 Å². The quantitative estimate of drug-likeness (QED) is 0.813. The van der Waals surface area contributed by atoms with Crippen molar-refractivity contribution < 1.29 is 18.0 Å². The Morgan fingerprint density at radius 1 is 1.00 bits per heavy atom. The number of hydrogen-bond donors (Lipinski definition) is 0. The Hall–Kier alpha value is -2.50. The van der Waals surface area contributed by atoms with Crippen molar-refractivity contribution in [3.8, 4) is 0 Å². The van der Waals surface area contributed by atoms with Crippen molar-refractivity contribution in [2.24, 2.45) is 0 Å². The molecular weight excluding hydrogens is 317 g/mol. The molecule has 6 heteroatoms. The van der Waals surface area contributed by atoms with E-state index >= 15 is 0 Å². The van der Waals surface area contributed by atoms with Crippen LogP contribution in [0.2, 0.25) is 0 Å². The summed E-state index contributed by atoms with van der Waals surface area (Å²) in [5.74, 6) is 0. The van der Waals surface area contributed by atoms with E-state index in [0.717, 1.165) is 11.6 Å². The lowest BCUT2D eigenvalue weighted by atomic mass is 10.1. The lowest BCUT2D eigenvalue weighted by Gasteiger charge is -2.22. The average molecular weight is 334 g/mol. The average Bonchev–Trinajstić information content (AvgIpc) is 2.88. The van der Waals surface area contributed by atoms with E-state index in [2.05, 4.69) is 0 Å². The number of carbonyl (C=O) groups is 1. The molecule has 1 aliphatic rings. The van der Waals surface area contributed by atoms with Gasteiger partial charge in [0.05, 0.1) is 5.56 Å². The summed E-state index contributed by atoms with van der Waals surface area (Å²) in [6, 6.07) is 13.2. The minimum absolute atomic E-state index is 0.0833. The molecule has 2 aromatic carbocycles. The molecule has 3 nitrogen and oxygen atoms in total. The molecule has 1 aliphatic heterocycles. The third kappa shape index (κ3) is 3.09. The molecule has 0 N–H and O–H groups in total. The second kappa shape index (κ2) is 6.19. The summed E-state index contributed by atoms with van der Waals surface area (Å²) in [5.41, 5.74) is 0.702. The van der Waals surface area contributed by atoms with Gasteiger partial charge in [0.1, 0.15) is 0 Å². The molecule has 3 rings (SSSR count). The molecule has 1 heterocycles. The number of benzene rings is 2. The predicted octanol–water partition coefficient (Wildman–Crippen LogP) is 4.46. The van der Waals surface area contributed by atoms with Gasteiger partial charge < -0.3 is 4.90 Å². The highest BCUT2D eigenvalue weighted by molar-refractivity contribution is 5.95. The fourth-order valence-corrected chi connectivity index (χ4v) is 2.98. The first-order valence-corrected chi connectivity index (χ1v) is 7.65. The monoisotopic (exact) mass is 334 g/mol. The van der Waals surface area contributed by atoms with E-state index in [4.69, 9.17) is 0 Å². The van der Waals surface area contributed by atoms with Gasteiger partial charge in [0, 0.05) is 25.3 Å². The highest BCUT2D eigenvalue weighted by Gasteiger charge is 2.36. The molecule has 0 aliphatic carbocycles. The summed E-state index contributed by atoms with van der Waals surface area (Å²) in [7, 11) is 0. The maximum absolute atomic E-state index is 13.1. The molecule has 1 fully saturated rings. The maximum atomic E-state index is 13.1. The molecule has 2 aromatic rings. The van der Waals surface area contributed by atoms with Gasteiger partial charge in [0.2, 0.25) is 0 Å². The lowest BCUT2D eigenvalue weighted by Crippen LogP contribution is -2.32. The third-order valence-corrected chi connectivity index (χ3v) is 4.21. The molecule has 0 bridgehead atoms. The molecule has 0 unspecified atom stereocenters. The minimum atomic E-state index is -4.42. The number of hydrogen-bond acceptors (Lipinski definition) is 1. The first kappa shape index (κ1) is 16.4. The molecule has 0 spiro atoms. The second-order valence-electron chi connectivity index (χ2n) is 5.79. The van der Waals surface area contributed by atoms with Crippen LogP contribution in [-0.2, 0) is 12.7 Å². The number of anilines is 1. The van der Waals surface area contributed by atoms with Crippen LogP contribution in [0, 0.1) is 6.92 Å². The maximum Gasteiger partial charge on any atom is 0.416 e. The standard InChI is InChI=1S/C18H17F3N2O/c1-13-15(18(19,20)21)8-5-9-16(13)23-11-10-22(17(23)24)12-14-6-3-2-4-7-14/h2-9H,10-12H2,1H3. The Kier molecular flexibility index (Phi) is 4.22. The van der Waals surface area contributed by atoms with Crippen molar-refractivity contribution in [2.45, 2.75) is 19.6 Å². The highest BCUT2D eigenvalue weighted by atomic mass is 19.4. The molecule has 1 saturated heterocycles. The zero-order valence-electron chi connectivity index (χ0n) is 13.2. The van der Waals surface area contributed by atoms with E-state index in [0.29, 0.717) is 25.3 Å². The number of amides is 2. The minimum Gasteiger partial charge on any atom is -0.318 e. The second-order valence-corrected chi connectivity index (χ2v) is 5.79. The van der Waals surface area contributed by atoms with E-state index in [1.165, 1.54) is 17.9 Å². The number of urea groups is 1. The summed E-state index contributed by atoms with van der Waals surface area (Å²) in [6.45, 7) is 2.73. The van der Waals surface area contributed by atoms with Gasteiger partial charge in [0.25, 0.3) is 0 Å². The zero-order chi connectivity index (χ0) is 17.3. The Morgan fingerprint density at radius 3 is 2.38 bits per heavy atom. The summed E-state index contributed by atoms with van der Waals surface area (Å²) in [4.78, 5) is 15.7. The van der Waals surface area contributed by atoms with Crippen molar-refractivity contribution in [3.63, 3.8) is 0 Å². The van der Waals surface area contributed by atoms with E-state index in [9.17, 15) is 18.0 Å². The Labute approximate surface area is 138 Å². The number of nitrogens with zero attached hydrogens (tertiary/aromatic N) is 2. The molecule has 0 atom stereocenters. The molecule has 126 valence electrons. The van der Waals surface area contributed by atoms with E-state index in [1.54, 1.807) is 11.0 Å². The van der Waals surface area contributed by atoms with Gasteiger partial charge in [0.15, 0.2) is 0 Å². The van der Waals surface area contributed by atoms with Crippen molar-refractivity contribution in [3.05, 3.63) is 65.2 Å². The summed E-state index contributed by atoms with van der Waals surface area (Å²) in [5, 5.41) is 0. The fraction of sp³-hybridized carbons (Fsp3) is 0.278. The van der Waals surface area contributed by atoms with Crippen LogP contribution in [0.15, 0.2) is 48.5 Å². The molecule has 2 amide bonds. The van der Waals surface area contributed by atoms with Crippen molar-refractivity contribution in [1.29, 1.82) is 0 Å². The SMILES string of the molecule is Cc1c(N2CCN(Cc3ccccc3)C2=O)cccc1C(F)(F)F. The van der Waals surface area contributed by atoms with E-state index in [1.807, 2.05) is 30.3 Å². The van der Waals surface area contributed by atoms with Crippen molar-refractivity contribution >= 4 is 11.7 Å². The first-order valence-electron chi connectivity index (χ1n) is 7.65. The summed E-state index contributed by atoms with van der Waals surface area (Å²) < 4.78 is 39.2. The number of carbonyl (C=O) groups excluding carboxylic acids is 1. The number of halogens is 3. The first-order chi connectivity index (χ1) is 11.4. The summed E-state index contributed by atoms with van der Waals surface area (Å²) >= 11 is 0. The van der Waals surface area contributed by atoms with Crippen LogP contribution < -0.4 is 4.90 Å². The molecule has 24 heavy (non-hydrogen) atoms. The van der Waals surface area contributed by atoms with Gasteiger partial charge in [-0.2, -0.15) is 13.2 Å². The molecule has 0 aromatic heterocycles. The Bertz CT molecular complexity index is 744. The zero-order valence-corrected chi connectivity index (χ0v) is 13.2. The summed E-state index contributed by atoms with van der Waals surface area (Å²) in [6.07, 6.45) is -4.42. The van der Waals surface area contributed by atoms with Crippen LogP contribution >= 0.6 is 0 Å². The van der Waals surface area contributed by atoms with Gasteiger partial charge in [-0.3, -0.25) is 4.90 Å². The topological polar surface area (TPSA) is 23.6 Å². The van der Waals surface area contributed by atoms with E-state index in [-0.39, 0.29) is 11.6 Å². The fourth-order valence-electron chi connectivity index (χ4n) is 2.98. The van der Waals surface area contributed by atoms with Crippen molar-refractivity contribution in [2.75, 3.05) is 18.0 Å². The predicted molar refractivity (Wildman–Crippen MR) is 85.8 cm³/mol. The molecule has 0 radical (unpaired) electrons. The van der Waals surface area contributed by atoms with Crippen LogP contribution in [0.5, 0.6) is 0 Å². The van der Waals surface area contributed by atoms with E-state index < -0.39 is 11.7 Å². The number of alkyl halides is 3. The molecular formula is C18H17F3N2O. The van der Waals surface area contributed by atoms with Crippen LogP contribution in [-0.4, -0.2) is 24.0 Å². The van der Waals surface area contributed by atoms with Crippen LogP contribution in [0.25, 0.3) is 0 Å². The lowest BCUT2D eigenvalue weighted by molar-refractivity contribution is -0.138. The van der Waals surface area contributed by atoms with Gasteiger partial charge in [-0.25, -0.2) is 4.79 Å². The van der Waals surface area contributed by atoms with Crippen LogP contribution in [0.4, 0.5) is 23.7 Å². The van der Waals surface area contributed by atoms with Gasteiger partial charge in [-0.1, -0.05) is 36.4 Å². The van der Waals surface area contributed by atoms with Gasteiger partial charge in [-0.05, 0) is 30.2 Å². The third-order valence-electron chi connectivity index (χ3n) is 4.21. The van der Waals surface area contributed by atoms with Crippen LogP contribution in [0.3, 0.4) is 0 Å². The normalized spacial score (nSPS) is 15.2. The largest absolute Gasteiger partial charge is 0.416 e. The van der Waals surface area contributed by atoms with Gasteiger partial charge in [-0.15, -0.1) is 0 Å².